The lowest BCUT2D eigenvalue weighted by atomic mass is 9.93. The summed E-state index contributed by atoms with van der Waals surface area (Å²) in [5.74, 6) is 0. The van der Waals surface area contributed by atoms with E-state index in [1.54, 1.807) is 0 Å². The van der Waals surface area contributed by atoms with Gasteiger partial charge in [0, 0.05) is 18.1 Å². The lowest BCUT2D eigenvalue weighted by Gasteiger charge is -2.36. The van der Waals surface area contributed by atoms with Crippen LogP contribution >= 0.6 is 0 Å². The van der Waals surface area contributed by atoms with Gasteiger partial charge in [-0.15, -0.1) is 0 Å². The zero-order chi connectivity index (χ0) is 10.7. The molecule has 15 heavy (non-hydrogen) atoms. The first-order chi connectivity index (χ1) is 7.20. The molecule has 88 valence electrons. The molecule has 0 bridgehead atoms. The second-order valence-electron chi connectivity index (χ2n) is 5.70. The van der Waals surface area contributed by atoms with Crippen LogP contribution in [0.4, 0.5) is 0 Å². The van der Waals surface area contributed by atoms with E-state index in [9.17, 15) is 0 Å². The number of rotatable bonds is 3. The molecule has 2 rings (SSSR count). The Kier molecular flexibility index (Phi) is 3.68. The molecule has 2 aliphatic rings. The summed E-state index contributed by atoms with van der Waals surface area (Å²) >= 11 is 0. The van der Waals surface area contributed by atoms with Gasteiger partial charge in [-0.25, -0.2) is 0 Å². The van der Waals surface area contributed by atoms with Crippen molar-refractivity contribution >= 4 is 0 Å². The SMILES string of the molecule is CC1CCCCN1CCC1(N)CCCC1. The van der Waals surface area contributed by atoms with Gasteiger partial charge >= 0.3 is 0 Å². The summed E-state index contributed by atoms with van der Waals surface area (Å²) in [4.78, 5) is 2.65. The van der Waals surface area contributed by atoms with Gasteiger partial charge in [-0.2, -0.15) is 0 Å². The zero-order valence-corrected chi connectivity index (χ0v) is 10.2. The minimum atomic E-state index is 0.192. The fourth-order valence-electron chi connectivity index (χ4n) is 3.19. The largest absolute Gasteiger partial charge is 0.325 e. The monoisotopic (exact) mass is 210 g/mol. The van der Waals surface area contributed by atoms with E-state index in [4.69, 9.17) is 5.73 Å². The maximum atomic E-state index is 6.40. The fourth-order valence-corrected chi connectivity index (χ4v) is 3.19. The van der Waals surface area contributed by atoms with Crippen molar-refractivity contribution < 1.29 is 0 Å². The molecule has 2 heteroatoms. The van der Waals surface area contributed by atoms with Gasteiger partial charge in [0.05, 0.1) is 0 Å². The van der Waals surface area contributed by atoms with Gasteiger partial charge in [-0.05, 0) is 45.6 Å². The Morgan fingerprint density at radius 3 is 2.60 bits per heavy atom. The minimum absolute atomic E-state index is 0.192. The maximum absolute atomic E-state index is 6.40. The summed E-state index contributed by atoms with van der Waals surface area (Å²) < 4.78 is 0. The van der Waals surface area contributed by atoms with Crippen LogP contribution in [0, 0.1) is 0 Å². The van der Waals surface area contributed by atoms with Gasteiger partial charge in [-0.1, -0.05) is 19.3 Å². The molecule has 0 radical (unpaired) electrons. The summed E-state index contributed by atoms with van der Waals surface area (Å²) in [6, 6.07) is 0.795. The second kappa shape index (κ2) is 4.84. The van der Waals surface area contributed by atoms with E-state index in [0.29, 0.717) is 0 Å². The van der Waals surface area contributed by atoms with E-state index in [1.165, 1.54) is 64.5 Å². The Morgan fingerprint density at radius 1 is 1.20 bits per heavy atom. The first-order valence-electron chi connectivity index (χ1n) is 6.73. The van der Waals surface area contributed by atoms with Gasteiger partial charge < -0.3 is 10.6 Å². The summed E-state index contributed by atoms with van der Waals surface area (Å²) in [6.45, 7) is 4.91. The van der Waals surface area contributed by atoms with Crippen LogP contribution in [0.25, 0.3) is 0 Å². The highest BCUT2D eigenvalue weighted by Crippen LogP contribution is 2.30. The highest BCUT2D eigenvalue weighted by molar-refractivity contribution is 4.90. The molecule has 1 atom stereocenters. The maximum Gasteiger partial charge on any atom is 0.0166 e. The molecule has 1 heterocycles. The fraction of sp³-hybridized carbons (Fsp3) is 1.00. The number of likely N-dealkylation sites (tertiary alicyclic amines) is 1. The van der Waals surface area contributed by atoms with Gasteiger partial charge in [0.25, 0.3) is 0 Å². The van der Waals surface area contributed by atoms with Crippen molar-refractivity contribution in [2.75, 3.05) is 13.1 Å². The Balaban J connectivity index is 1.76. The number of nitrogens with two attached hydrogens (primary N) is 1. The van der Waals surface area contributed by atoms with Crippen LogP contribution in [0.3, 0.4) is 0 Å². The van der Waals surface area contributed by atoms with Crippen molar-refractivity contribution in [3.63, 3.8) is 0 Å². The molecule has 0 aromatic carbocycles. The average molecular weight is 210 g/mol. The Labute approximate surface area is 94.2 Å². The number of nitrogens with zero attached hydrogens (tertiary/aromatic N) is 1. The highest BCUT2D eigenvalue weighted by atomic mass is 15.2. The third-order valence-corrected chi connectivity index (χ3v) is 4.44. The van der Waals surface area contributed by atoms with E-state index in [-0.39, 0.29) is 5.54 Å². The molecule has 0 aromatic rings. The number of piperidine rings is 1. The molecular weight excluding hydrogens is 184 g/mol. The van der Waals surface area contributed by atoms with Gasteiger partial charge in [-0.3, -0.25) is 0 Å². The molecule has 1 saturated carbocycles. The predicted octanol–water partition coefficient (Wildman–Crippen LogP) is 2.52. The van der Waals surface area contributed by atoms with Crippen LogP contribution in [0.5, 0.6) is 0 Å². The molecule has 0 spiro atoms. The van der Waals surface area contributed by atoms with Crippen LogP contribution in [0.2, 0.25) is 0 Å². The van der Waals surface area contributed by atoms with Crippen LogP contribution in [-0.2, 0) is 0 Å². The topological polar surface area (TPSA) is 29.3 Å². The molecule has 2 nitrogen and oxygen atoms in total. The van der Waals surface area contributed by atoms with Gasteiger partial charge in [0.15, 0.2) is 0 Å². The van der Waals surface area contributed by atoms with E-state index in [1.807, 2.05) is 0 Å². The Hall–Kier alpha value is -0.0800. The Bertz CT molecular complexity index is 197. The van der Waals surface area contributed by atoms with Crippen LogP contribution < -0.4 is 5.73 Å². The van der Waals surface area contributed by atoms with Gasteiger partial charge in [0.2, 0.25) is 0 Å². The molecule has 0 aromatic heterocycles. The average Bonchev–Trinajstić information content (AvgIpc) is 2.65. The van der Waals surface area contributed by atoms with Crippen molar-refractivity contribution in [3.05, 3.63) is 0 Å². The summed E-state index contributed by atoms with van der Waals surface area (Å²) in [7, 11) is 0. The van der Waals surface area contributed by atoms with E-state index in [2.05, 4.69) is 11.8 Å². The van der Waals surface area contributed by atoms with Crippen molar-refractivity contribution in [1.29, 1.82) is 0 Å². The quantitative estimate of drug-likeness (QED) is 0.775. The predicted molar refractivity (Wildman–Crippen MR) is 64.9 cm³/mol. The van der Waals surface area contributed by atoms with E-state index >= 15 is 0 Å². The van der Waals surface area contributed by atoms with Crippen LogP contribution in [-0.4, -0.2) is 29.6 Å². The van der Waals surface area contributed by atoms with E-state index in [0.717, 1.165) is 6.04 Å². The molecular formula is C13H26N2. The Morgan fingerprint density at radius 2 is 1.93 bits per heavy atom. The molecule has 1 saturated heterocycles. The number of hydrogen-bond acceptors (Lipinski definition) is 2. The normalized spacial score (nSPS) is 32.0. The lowest BCUT2D eigenvalue weighted by molar-refractivity contribution is 0.146. The molecule has 1 aliphatic heterocycles. The first-order valence-corrected chi connectivity index (χ1v) is 6.73. The third kappa shape index (κ3) is 2.94. The van der Waals surface area contributed by atoms with Crippen molar-refractivity contribution in [2.45, 2.75) is 69.9 Å². The second-order valence-corrected chi connectivity index (χ2v) is 5.70. The van der Waals surface area contributed by atoms with Crippen LogP contribution in [0.15, 0.2) is 0 Å². The highest BCUT2D eigenvalue weighted by Gasteiger charge is 2.30. The first kappa shape index (κ1) is 11.4. The molecule has 1 unspecified atom stereocenters. The van der Waals surface area contributed by atoms with Crippen molar-refractivity contribution in [2.24, 2.45) is 5.73 Å². The molecule has 0 amide bonds. The van der Waals surface area contributed by atoms with Crippen molar-refractivity contribution in [1.82, 2.24) is 4.90 Å². The summed E-state index contributed by atoms with van der Waals surface area (Å²) in [5.41, 5.74) is 6.59. The molecule has 2 fully saturated rings. The summed E-state index contributed by atoms with van der Waals surface area (Å²) in [6.07, 6.45) is 10.6. The zero-order valence-electron chi connectivity index (χ0n) is 10.2. The minimum Gasteiger partial charge on any atom is -0.325 e. The third-order valence-electron chi connectivity index (χ3n) is 4.44. The molecule has 1 aliphatic carbocycles. The van der Waals surface area contributed by atoms with Crippen LogP contribution in [0.1, 0.15) is 58.3 Å². The summed E-state index contributed by atoms with van der Waals surface area (Å²) in [5, 5.41) is 0. The smallest absolute Gasteiger partial charge is 0.0166 e. The van der Waals surface area contributed by atoms with Crippen molar-refractivity contribution in [3.8, 4) is 0 Å². The number of hydrogen-bond donors (Lipinski definition) is 1. The van der Waals surface area contributed by atoms with Gasteiger partial charge in [0.1, 0.15) is 0 Å². The lowest BCUT2D eigenvalue weighted by Crippen LogP contribution is -2.44. The molecule has 2 N–H and O–H groups in total. The van der Waals surface area contributed by atoms with E-state index < -0.39 is 0 Å². The standard InChI is InChI=1S/C13H26N2/c1-12-6-2-5-10-15(12)11-9-13(14)7-3-4-8-13/h12H,2-11,14H2,1H3.